The molecular weight excluding hydrogens is 249 g/mol. The summed E-state index contributed by atoms with van der Waals surface area (Å²) in [6.45, 7) is 0. The first-order valence-corrected chi connectivity index (χ1v) is 5.00. The van der Waals surface area contributed by atoms with E-state index in [1.54, 1.807) is 18.2 Å². The molecule has 0 amide bonds. The third-order valence-electron chi connectivity index (χ3n) is 2.03. The Kier molecular flexibility index (Phi) is 2.73. The Balaban J connectivity index is 2.74. The van der Waals surface area contributed by atoms with Crippen LogP contribution < -0.4 is 5.73 Å². The summed E-state index contributed by atoms with van der Waals surface area (Å²) in [7, 11) is 0. The van der Waals surface area contributed by atoms with Crippen molar-refractivity contribution in [1.82, 2.24) is 5.16 Å². The molecule has 1 aromatic heterocycles. The molecule has 0 aliphatic heterocycles. The van der Waals surface area contributed by atoms with Crippen LogP contribution in [0.4, 0.5) is 5.88 Å². The van der Waals surface area contributed by atoms with Gasteiger partial charge in [-0.3, -0.25) is 0 Å². The third-order valence-corrected chi connectivity index (χ3v) is 2.66. The van der Waals surface area contributed by atoms with E-state index in [0.717, 1.165) is 0 Å². The smallest absolute Gasteiger partial charge is 0.240 e. The molecule has 16 heavy (non-hydrogen) atoms. The zero-order valence-electron chi connectivity index (χ0n) is 7.87. The number of hydrogen-bond donors (Lipinski definition) is 1. The summed E-state index contributed by atoms with van der Waals surface area (Å²) in [6, 6.07) is 6.89. The van der Waals surface area contributed by atoms with Crippen LogP contribution in [-0.2, 0) is 0 Å². The third kappa shape index (κ3) is 1.60. The fraction of sp³-hybridized carbons (Fsp3) is 0. The Labute approximate surface area is 101 Å². The summed E-state index contributed by atoms with van der Waals surface area (Å²) in [4.78, 5) is 0. The highest BCUT2D eigenvalue weighted by atomic mass is 35.5. The Morgan fingerprint density at radius 3 is 2.50 bits per heavy atom. The number of benzene rings is 1. The zero-order chi connectivity index (χ0) is 11.7. The van der Waals surface area contributed by atoms with E-state index in [0.29, 0.717) is 15.6 Å². The van der Waals surface area contributed by atoms with Gasteiger partial charge in [0.1, 0.15) is 17.3 Å². The molecule has 0 saturated carbocycles. The monoisotopic (exact) mass is 253 g/mol. The minimum atomic E-state index is -0.0477. The summed E-state index contributed by atoms with van der Waals surface area (Å²) >= 11 is 12.0. The van der Waals surface area contributed by atoms with E-state index < -0.39 is 0 Å². The van der Waals surface area contributed by atoms with Gasteiger partial charge in [0.05, 0.1) is 10.0 Å². The normalized spacial score (nSPS) is 10.1. The van der Waals surface area contributed by atoms with Crippen molar-refractivity contribution in [3.8, 4) is 17.3 Å². The van der Waals surface area contributed by atoms with E-state index >= 15 is 0 Å². The molecule has 80 valence electrons. The maximum absolute atomic E-state index is 8.92. The van der Waals surface area contributed by atoms with Gasteiger partial charge in [-0.1, -0.05) is 34.4 Å². The van der Waals surface area contributed by atoms with Crippen LogP contribution in [0.1, 0.15) is 5.56 Å². The number of halogens is 2. The number of nitriles is 1. The minimum Gasteiger partial charge on any atom is -0.366 e. The van der Waals surface area contributed by atoms with Crippen molar-refractivity contribution in [3.05, 3.63) is 33.8 Å². The Hall–Kier alpha value is -1.70. The first kappa shape index (κ1) is 10.8. The SMILES string of the molecule is N#Cc1c(-c2c(Cl)cccc2Cl)noc1N. The standard InChI is InChI=1S/C10H5Cl2N3O/c11-6-2-1-3-7(12)8(6)9-5(4-13)10(14)16-15-9/h1-3H,14H2. The van der Waals surface area contributed by atoms with Crippen LogP contribution in [0.25, 0.3) is 11.3 Å². The molecule has 1 heterocycles. The fourth-order valence-electron chi connectivity index (χ4n) is 1.31. The van der Waals surface area contributed by atoms with Crippen LogP contribution in [-0.4, -0.2) is 5.16 Å². The van der Waals surface area contributed by atoms with Crippen LogP contribution in [0.3, 0.4) is 0 Å². The number of hydrogen-bond acceptors (Lipinski definition) is 4. The van der Waals surface area contributed by atoms with Crippen molar-refractivity contribution in [1.29, 1.82) is 5.26 Å². The quantitative estimate of drug-likeness (QED) is 0.848. The molecular formula is C10H5Cl2N3O. The Morgan fingerprint density at radius 1 is 1.31 bits per heavy atom. The summed E-state index contributed by atoms with van der Waals surface area (Å²) in [5.41, 5.74) is 6.29. The average Bonchev–Trinajstić information content (AvgIpc) is 2.59. The molecule has 0 fully saturated rings. The number of rotatable bonds is 1. The lowest BCUT2D eigenvalue weighted by Gasteiger charge is -2.02. The van der Waals surface area contributed by atoms with E-state index in [1.807, 2.05) is 6.07 Å². The van der Waals surface area contributed by atoms with Crippen molar-refractivity contribution in [2.45, 2.75) is 0 Å². The molecule has 6 heteroatoms. The first-order chi connectivity index (χ1) is 7.65. The van der Waals surface area contributed by atoms with Gasteiger partial charge >= 0.3 is 0 Å². The van der Waals surface area contributed by atoms with Crippen LogP contribution in [0.2, 0.25) is 10.0 Å². The first-order valence-electron chi connectivity index (χ1n) is 4.24. The number of anilines is 1. The molecule has 1 aromatic carbocycles. The molecule has 0 atom stereocenters. The lowest BCUT2D eigenvalue weighted by molar-refractivity contribution is 0.439. The van der Waals surface area contributed by atoms with Crippen LogP contribution in [0.15, 0.2) is 22.7 Å². The highest BCUT2D eigenvalue weighted by molar-refractivity contribution is 6.39. The summed E-state index contributed by atoms with van der Waals surface area (Å²) in [6.07, 6.45) is 0. The maximum Gasteiger partial charge on any atom is 0.240 e. The number of nitrogens with two attached hydrogens (primary N) is 1. The van der Waals surface area contributed by atoms with E-state index in [4.69, 9.17) is 38.7 Å². The van der Waals surface area contributed by atoms with Gasteiger partial charge in [-0.2, -0.15) is 5.26 Å². The predicted octanol–water partition coefficient (Wildman–Crippen LogP) is 3.10. The molecule has 0 radical (unpaired) electrons. The van der Waals surface area contributed by atoms with E-state index in [1.165, 1.54) is 0 Å². The van der Waals surface area contributed by atoms with Gasteiger partial charge in [0.15, 0.2) is 0 Å². The lowest BCUT2D eigenvalue weighted by atomic mass is 10.1. The van der Waals surface area contributed by atoms with Gasteiger partial charge in [0.25, 0.3) is 0 Å². The largest absolute Gasteiger partial charge is 0.366 e. The maximum atomic E-state index is 8.92. The number of aromatic nitrogens is 1. The fourth-order valence-corrected chi connectivity index (χ4v) is 1.88. The zero-order valence-corrected chi connectivity index (χ0v) is 9.38. The summed E-state index contributed by atoms with van der Waals surface area (Å²) < 4.78 is 4.74. The molecule has 4 nitrogen and oxygen atoms in total. The molecule has 2 N–H and O–H groups in total. The summed E-state index contributed by atoms with van der Waals surface area (Å²) in [5.74, 6) is -0.0477. The van der Waals surface area contributed by atoms with Gasteiger partial charge in [-0.15, -0.1) is 0 Å². The van der Waals surface area contributed by atoms with Gasteiger partial charge < -0.3 is 10.3 Å². The lowest BCUT2D eigenvalue weighted by Crippen LogP contribution is -1.88. The van der Waals surface area contributed by atoms with Gasteiger partial charge in [0, 0.05) is 5.56 Å². The molecule has 0 bridgehead atoms. The molecule has 0 aliphatic carbocycles. The van der Waals surface area contributed by atoms with Gasteiger partial charge in [0.2, 0.25) is 5.88 Å². The number of nitrogens with zero attached hydrogens (tertiary/aromatic N) is 2. The average molecular weight is 254 g/mol. The van der Waals surface area contributed by atoms with Gasteiger partial charge in [-0.25, -0.2) is 0 Å². The molecule has 2 aromatic rings. The summed E-state index contributed by atoms with van der Waals surface area (Å²) in [5, 5.41) is 13.4. The van der Waals surface area contributed by atoms with E-state index in [9.17, 15) is 0 Å². The van der Waals surface area contributed by atoms with Gasteiger partial charge in [-0.05, 0) is 12.1 Å². The predicted molar refractivity (Wildman–Crippen MR) is 61.1 cm³/mol. The Morgan fingerprint density at radius 2 is 1.94 bits per heavy atom. The van der Waals surface area contributed by atoms with Crippen molar-refractivity contribution >= 4 is 29.1 Å². The molecule has 0 aliphatic rings. The molecule has 0 unspecified atom stereocenters. The minimum absolute atomic E-state index is 0.0477. The van der Waals surface area contributed by atoms with Crippen molar-refractivity contribution in [2.24, 2.45) is 0 Å². The van der Waals surface area contributed by atoms with E-state index in [2.05, 4.69) is 5.16 Å². The highest BCUT2D eigenvalue weighted by Crippen LogP contribution is 2.36. The van der Waals surface area contributed by atoms with Crippen LogP contribution in [0, 0.1) is 11.3 Å². The molecule has 0 saturated heterocycles. The second-order valence-electron chi connectivity index (χ2n) is 2.98. The molecule has 0 spiro atoms. The van der Waals surface area contributed by atoms with Crippen molar-refractivity contribution in [3.63, 3.8) is 0 Å². The second kappa shape index (κ2) is 4.05. The van der Waals surface area contributed by atoms with Crippen LogP contribution in [0.5, 0.6) is 0 Å². The number of nitrogen functional groups attached to an aromatic ring is 1. The van der Waals surface area contributed by atoms with Crippen LogP contribution >= 0.6 is 23.2 Å². The second-order valence-corrected chi connectivity index (χ2v) is 3.79. The van der Waals surface area contributed by atoms with E-state index in [-0.39, 0.29) is 17.1 Å². The van der Waals surface area contributed by atoms with Crippen molar-refractivity contribution < 1.29 is 4.52 Å². The Bertz CT molecular complexity index is 566. The molecule has 2 rings (SSSR count). The van der Waals surface area contributed by atoms with Crippen molar-refractivity contribution in [2.75, 3.05) is 5.73 Å². The topological polar surface area (TPSA) is 75.8 Å². The highest BCUT2D eigenvalue weighted by Gasteiger charge is 2.19.